The molecule has 1 atom stereocenters. The molecule has 0 aromatic heterocycles. The van der Waals surface area contributed by atoms with Gasteiger partial charge in [0.2, 0.25) is 5.91 Å². The van der Waals surface area contributed by atoms with Gasteiger partial charge in [0.15, 0.2) is 0 Å². The topological polar surface area (TPSA) is 47.3 Å². The Balaban J connectivity index is 1.60. The van der Waals surface area contributed by atoms with Crippen LogP contribution >= 0.6 is 11.8 Å². The van der Waals surface area contributed by atoms with Crippen LogP contribution in [0.25, 0.3) is 0 Å². The Morgan fingerprint density at radius 3 is 2.43 bits per heavy atom. The fourth-order valence-corrected chi connectivity index (χ4v) is 5.23. The summed E-state index contributed by atoms with van der Waals surface area (Å²) >= 11 is 1.59. The number of thioether (sulfide) groups is 1. The third-order valence-corrected chi connectivity index (χ3v) is 7.16. The van der Waals surface area contributed by atoms with Gasteiger partial charge < -0.3 is 4.90 Å². The quantitative estimate of drug-likeness (QED) is 0.650. The molecule has 0 bridgehead atoms. The summed E-state index contributed by atoms with van der Waals surface area (Å²) in [6, 6.07) is 19.3. The molecule has 2 aliphatic rings. The van der Waals surface area contributed by atoms with Gasteiger partial charge in [-0.3, -0.25) is 9.69 Å². The Morgan fingerprint density at radius 1 is 1.13 bits per heavy atom. The minimum atomic E-state index is -0.155. The lowest BCUT2D eigenvalue weighted by Crippen LogP contribution is -2.47. The van der Waals surface area contributed by atoms with Gasteiger partial charge in [0.05, 0.1) is 29.2 Å². The van der Waals surface area contributed by atoms with Gasteiger partial charge in [-0.2, -0.15) is 5.26 Å². The van der Waals surface area contributed by atoms with Crippen molar-refractivity contribution in [3.63, 3.8) is 0 Å². The molecule has 0 radical (unpaired) electrons. The number of amides is 1. The number of carbonyl (C=O) groups excluding carboxylic acids is 1. The minimum Gasteiger partial charge on any atom is -0.344 e. The van der Waals surface area contributed by atoms with E-state index < -0.39 is 0 Å². The number of nitrogens with zero attached hydrogens (tertiary/aromatic N) is 3. The van der Waals surface area contributed by atoms with E-state index in [1.54, 1.807) is 16.7 Å². The van der Waals surface area contributed by atoms with Crippen molar-refractivity contribution in [1.82, 2.24) is 4.90 Å². The van der Waals surface area contributed by atoms with Crippen LogP contribution in [0.3, 0.4) is 0 Å². The number of allylic oxidation sites excluding steroid dienone is 1. The number of fused-ring (bicyclic) bond motifs is 1. The summed E-state index contributed by atoms with van der Waals surface area (Å²) < 4.78 is 0. The van der Waals surface area contributed by atoms with E-state index in [1.807, 2.05) is 0 Å². The highest BCUT2D eigenvalue weighted by Gasteiger charge is 2.38. The molecule has 0 saturated carbocycles. The van der Waals surface area contributed by atoms with Gasteiger partial charge >= 0.3 is 0 Å². The molecule has 154 valence electrons. The molecule has 2 aromatic carbocycles. The molecule has 1 saturated heterocycles. The van der Waals surface area contributed by atoms with Gasteiger partial charge in [-0.1, -0.05) is 68.9 Å². The Kier molecular flexibility index (Phi) is 5.87. The maximum atomic E-state index is 13.1. The highest BCUT2D eigenvalue weighted by Crippen LogP contribution is 2.43. The summed E-state index contributed by atoms with van der Waals surface area (Å²) in [5.74, 6) is 1.12. The largest absolute Gasteiger partial charge is 0.344 e. The van der Waals surface area contributed by atoms with Crippen LogP contribution in [0.4, 0.5) is 5.69 Å². The molecule has 2 heterocycles. The lowest BCUT2D eigenvalue weighted by atomic mass is 9.85. The number of hydrogen-bond donors (Lipinski definition) is 0. The standard InChI is InChI=1S/C25H27N3OS/c1-4-18-5-11-21(12-6-18)27-15-28-24(29)13-22(23(14-26)25(28)30-16-27)20-9-7-19(8-10-20)17(2)3/h5-12,17,22H,4,13,15-16H2,1-3H3. The molecular weight excluding hydrogens is 390 g/mol. The zero-order chi connectivity index (χ0) is 21.3. The van der Waals surface area contributed by atoms with Gasteiger partial charge in [0, 0.05) is 18.0 Å². The lowest BCUT2D eigenvalue weighted by molar-refractivity contribution is -0.129. The highest BCUT2D eigenvalue weighted by atomic mass is 32.2. The smallest absolute Gasteiger partial charge is 0.229 e. The Hall–Kier alpha value is -2.71. The average molecular weight is 418 g/mol. The summed E-state index contributed by atoms with van der Waals surface area (Å²) in [6.07, 6.45) is 1.36. The predicted octanol–water partition coefficient (Wildman–Crippen LogP) is 5.59. The summed E-state index contributed by atoms with van der Waals surface area (Å²) in [6.45, 7) is 6.97. The molecule has 1 unspecified atom stereocenters. The van der Waals surface area contributed by atoms with Crippen LogP contribution in [-0.2, 0) is 11.2 Å². The van der Waals surface area contributed by atoms with Crippen LogP contribution in [-0.4, -0.2) is 23.4 Å². The van der Waals surface area contributed by atoms with Crippen molar-refractivity contribution in [2.24, 2.45) is 0 Å². The molecule has 5 heteroatoms. The van der Waals surface area contributed by atoms with Crippen LogP contribution in [0.15, 0.2) is 59.1 Å². The molecule has 2 aliphatic heterocycles. The number of anilines is 1. The van der Waals surface area contributed by atoms with Gasteiger partial charge in [0.1, 0.15) is 0 Å². The Labute approximate surface area is 183 Å². The summed E-state index contributed by atoms with van der Waals surface area (Å²) in [7, 11) is 0. The lowest BCUT2D eigenvalue weighted by Gasteiger charge is -2.42. The molecule has 30 heavy (non-hydrogen) atoms. The van der Waals surface area contributed by atoms with Crippen LogP contribution in [0, 0.1) is 11.3 Å². The third-order valence-electron chi connectivity index (χ3n) is 6.01. The van der Waals surface area contributed by atoms with Crippen molar-refractivity contribution in [3.05, 3.63) is 75.8 Å². The van der Waals surface area contributed by atoms with Gasteiger partial charge in [-0.05, 0) is 41.2 Å². The van der Waals surface area contributed by atoms with Gasteiger partial charge in [0.25, 0.3) is 0 Å². The van der Waals surface area contributed by atoms with Crippen molar-refractivity contribution < 1.29 is 4.79 Å². The number of benzene rings is 2. The van der Waals surface area contributed by atoms with Gasteiger partial charge in [-0.15, -0.1) is 0 Å². The monoisotopic (exact) mass is 417 g/mol. The second kappa shape index (κ2) is 8.57. The zero-order valence-corrected chi connectivity index (χ0v) is 18.6. The average Bonchev–Trinajstić information content (AvgIpc) is 2.79. The van der Waals surface area contributed by atoms with E-state index >= 15 is 0 Å². The Morgan fingerprint density at radius 2 is 1.83 bits per heavy atom. The number of aryl methyl sites for hydroxylation is 1. The number of carbonyl (C=O) groups is 1. The van der Waals surface area contributed by atoms with Crippen molar-refractivity contribution in [2.45, 2.75) is 45.4 Å². The molecule has 4 rings (SSSR count). The highest BCUT2D eigenvalue weighted by molar-refractivity contribution is 8.03. The fraction of sp³-hybridized carbons (Fsp3) is 0.360. The first-order valence-electron chi connectivity index (χ1n) is 10.5. The van der Waals surface area contributed by atoms with E-state index in [-0.39, 0.29) is 11.8 Å². The second-order valence-electron chi connectivity index (χ2n) is 8.21. The first-order valence-corrected chi connectivity index (χ1v) is 11.5. The number of nitriles is 1. The van der Waals surface area contributed by atoms with Crippen molar-refractivity contribution in [3.8, 4) is 6.07 Å². The van der Waals surface area contributed by atoms with Crippen LogP contribution < -0.4 is 4.90 Å². The van der Waals surface area contributed by atoms with Crippen LogP contribution in [0.2, 0.25) is 0 Å². The van der Waals surface area contributed by atoms with E-state index in [2.05, 4.69) is 80.3 Å². The van der Waals surface area contributed by atoms with Crippen molar-refractivity contribution in [2.75, 3.05) is 17.4 Å². The zero-order valence-electron chi connectivity index (χ0n) is 17.8. The van der Waals surface area contributed by atoms with Crippen LogP contribution in [0.5, 0.6) is 0 Å². The molecule has 1 fully saturated rings. The molecule has 0 aliphatic carbocycles. The number of rotatable bonds is 4. The Bertz CT molecular complexity index is 1000. The second-order valence-corrected chi connectivity index (χ2v) is 9.14. The van der Waals surface area contributed by atoms with Gasteiger partial charge in [-0.25, -0.2) is 0 Å². The van der Waals surface area contributed by atoms with E-state index in [1.165, 1.54) is 11.1 Å². The molecular formula is C25H27N3OS. The van der Waals surface area contributed by atoms with E-state index in [0.29, 0.717) is 19.0 Å². The fourth-order valence-electron chi connectivity index (χ4n) is 4.07. The van der Waals surface area contributed by atoms with Crippen LogP contribution in [0.1, 0.15) is 55.7 Å². The molecule has 4 nitrogen and oxygen atoms in total. The van der Waals surface area contributed by atoms with E-state index in [0.717, 1.165) is 34.2 Å². The first kappa shape index (κ1) is 20.6. The third kappa shape index (κ3) is 3.85. The first-order chi connectivity index (χ1) is 14.5. The molecule has 0 N–H and O–H groups in total. The van der Waals surface area contributed by atoms with E-state index in [9.17, 15) is 10.1 Å². The maximum Gasteiger partial charge on any atom is 0.229 e. The maximum absolute atomic E-state index is 13.1. The molecule has 2 aromatic rings. The predicted molar refractivity (Wildman–Crippen MR) is 123 cm³/mol. The molecule has 0 spiro atoms. The normalized spacial score (nSPS) is 19.2. The SMILES string of the molecule is CCc1ccc(N2CSC3=C(C#N)C(c4ccc(C(C)C)cc4)CC(=O)N3C2)cc1. The molecule has 1 amide bonds. The van der Waals surface area contributed by atoms with E-state index in [4.69, 9.17) is 0 Å². The summed E-state index contributed by atoms with van der Waals surface area (Å²) in [5, 5.41) is 10.8. The van der Waals surface area contributed by atoms with Crippen molar-refractivity contribution >= 4 is 23.4 Å². The minimum absolute atomic E-state index is 0.0873. The number of hydrogen-bond acceptors (Lipinski definition) is 4. The summed E-state index contributed by atoms with van der Waals surface area (Å²) in [5.41, 5.74) is 5.45. The van der Waals surface area contributed by atoms with Crippen molar-refractivity contribution in [1.29, 1.82) is 5.26 Å². The summed E-state index contributed by atoms with van der Waals surface area (Å²) in [4.78, 5) is 17.1.